The molecule has 2 aromatic rings. The van der Waals surface area contributed by atoms with Crippen LogP contribution in [0.1, 0.15) is 10.4 Å². The molecule has 0 aliphatic heterocycles. The molecule has 2 rings (SSSR count). The standard InChI is InChI=1S/C13H8ClFO2/c14-12-6-1-3-9(8-16)13(12)17-11-5-2-4-10(15)7-11/h1-8H. The van der Waals surface area contributed by atoms with Crippen LogP contribution >= 0.6 is 11.6 Å². The fraction of sp³-hybridized carbons (Fsp3) is 0. The maximum absolute atomic E-state index is 13.0. The van der Waals surface area contributed by atoms with Gasteiger partial charge >= 0.3 is 0 Å². The van der Waals surface area contributed by atoms with Crippen LogP contribution in [0, 0.1) is 5.82 Å². The minimum atomic E-state index is -0.415. The quantitative estimate of drug-likeness (QED) is 0.767. The number of benzene rings is 2. The highest BCUT2D eigenvalue weighted by atomic mass is 35.5. The fourth-order valence-corrected chi connectivity index (χ4v) is 1.59. The van der Waals surface area contributed by atoms with Crippen LogP contribution in [0.25, 0.3) is 0 Å². The van der Waals surface area contributed by atoms with E-state index in [2.05, 4.69) is 0 Å². The van der Waals surface area contributed by atoms with Crippen LogP contribution in [-0.2, 0) is 0 Å². The second-order valence-electron chi connectivity index (χ2n) is 3.34. The normalized spacial score (nSPS) is 10.0. The van der Waals surface area contributed by atoms with E-state index >= 15 is 0 Å². The number of para-hydroxylation sites is 1. The lowest BCUT2D eigenvalue weighted by Gasteiger charge is -2.09. The zero-order valence-corrected chi connectivity index (χ0v) is 9.45. The maximum Gasteiger partial charge on any atom is 0.156 e. The van der Waals surface area contributed by atoms with E-state index in [-0.39, 0.29) is 5.75 Å². The summed E-state index contributed by atoms with van der Waals surface area (Å²) in [5, 5.41) is 0.305. The minimum Gasteiger partial charge on any atom is -0.455 e. The van der Waals surface area contributed by atoms with Crippen LogP contribution in [0.5, 0.6) is 11.5 Å². The van der Waals surface area contributed by atoms with Crippen molar-refractivity contribution < 1.29 is 13.9 Å². The van der Waals surface area contributed by atoms with Crippen molar-refractivity contribution in [2.24, 2.45) is 0 Å². The number of rotatable bonds is 3. The lowest BCUT2D eigenvalue weighted by molar-refractivity contribution is 0.112. The molecule has 17 heavy (non-hydrogen) atoms. The van der Waals surface area contributed by atoms with Crippen LogP contribution in [0.2, 0.25) is 5.02 Å². The topological polar surface area (TPSA) is 26.3 Å². The number of ether oxygens (including phenoxy) is 1. The van der Waals surface area contributed by atoms with Crippen molar-refractivity contribution in [2.45, 2.75) is 0 Å². The van der Waals surface area contributed by atoms with Crippen LogP contribution < -0.4 is 4.74 Å². The summed E-state index contributed by atoms with van der Waals surface area (Å²) in [6.07, 6.45) is 0.639. The molecule has 0 saturated heterocycles. The zero-order chi connectivity index (χ0) is 12.3. The highest BCUT2D eigenvalue weighted by Gasteiger charge is 2.09. The first kappa shape index (κ1) is 11.6. The second kappa shape index (κ2) is 4.97. The molecule has 0 bridgehead atoms. The first-order valence-corrected chi connectivity index (χ1v) is 5.25. The zero-order valence-electron chi connectivity index (χ0n) is 8.69. The van der Waals surface area contributed by atoms with Gasteiger partial charge in [0.1, 0.15) is 11.6 Å². The molecule has 0 radical (unpaired) electrons. The molecule has 0 amide bonds. The van der Waals surface area contributed by atoms with E-state index in [4.69, 9.17) is 16.3 Å². The fourth-order valence-electron chi connectivity index (χ4n) is 1.37. The Labute approximate surface area is 103 Å². The van der Waals surface area contributed by atoms with Crippen LogP contribution in [0.4, 0.5) is 4.39 Å². The van der Waals surface area contributed by atoms with Gasteiger partial charge < -0.3 is 4.74 Å². The highest BCUT2D eigenvalue weighted by Crippen LogP contribution is 2.32. The third kappa shape index (κ3) is 2.63. The molecule has 0 fully saturated rings. The summed E-state index contributed by atoms with van der Waals surface area (Å²) < 4.78 is 18.4. The van der Waals surface area contributed by atoms with Gasteiger partial charge in [-0.15, -0.1) is 0 Å². The van der Waals surface area contributed by atoms with Gasteiger partial charge in [0.2, 0.25) is 0 Å². The van der Waals surface area contributed by atoms with Gasteiger partial charge in [-0.2, -0.15) is 0 Å². The van der Waals surface area contributed by atoms with Gasteiger partial charge in [0.25, 0.3) is 0 Å². The number of halogens is 2. The molecular formula is C13H8ClFO2. The second-order valence-corrected chi connectivity index (χ2v) is 3.74. The number of hydrogen-bond donors (Lipinski definition) is 0. The Morgan fingerprint density at radius 1 is 1.18 bits per heavy atom. The lowest BCUT2D eigenvalue weighted by Crippen LogP contribution is -1.91. The van der Waals surface area contributed by atoms with E-state index in [0.717, 1.165) is 0 Å². The lowest BCUT2D eigenvalue weighted by atomic mass is 10.2. The molecule has 0 spiro atoms. The van der Waals surface area contributed by atoms with E-state index in [9.17, 15) is 9.18 Å². The SMILES string of the molecule is O=Cc1cccc(Cl)c1Oc1cccc(F)c1. The first-order chi connectivity index (χ1) is 8.20. The molecule has 2 nitrogen and oxygen atoms in total. The summed E-state index contributed by atoms with van der Waals surface area (Å²) in [7, 11) is 0. The Morgan fingerprint density at radius 2 is 1.94 bits per heavy atom. The number of hydrogen-bond acceptors (Lipinski definition) is 2. The molecular weight excluding hydrogens is 243 g/mol. The van der Waals surface area contributed by atoms with Crippen LogP contribution in [0.3, 0.4) is 0 Å². The van der Waals surface area contributed by atoms with Crippen molar-refractivity contribution in [1.29, 1.82) is 0 Å². The van der Waals surface area contributed by atoms with Gasteiger partial charge in [-0.05, 0) is 24.3 Å². The van der Waals surface area contributed by atoms with Crippen LogP contribution in [0.15, 0.2) is 42.5 Å². The Balaban J connectivity index is 2.39. The van der Waals surface area contributed by atoms with Crippen LogP contribution in [-0.4, -0.2) is 6.29 Å². The number of carbonyl (C=O) groups excluding carboxylic acids is 1. The number of aldehydes is 1. The predicted octanol–water partition coefficient (Wildman–Crippen LogP) is 4.08. The van der Waals surface area contributed by atoms with E-state index in [1.807, 2.05) is 0 Å². The van der Waals surface area contributed by atoms with Gasteiger partial charge in [-0.25, -0.2) is 4.39 Å². The van der Waals surface area contributed by atoms with Gasteiger partial charge in [-0.3, -0.25) is 4.79 Å². The summed E-state index contributed by atoms with van der Waals surface area (Å²) in [5.74, 6) is 0.109. The largest absolute Gasteiger partial charge is 0.455 e. The Kier molecular flexibility index (Phi) is 3.40. The van der Waals surface area contributed by atoms with Crippen molar-refractivity contribution in [1.82, 2.24) is 0 Å². The average molecular weight is 251 g/mol. The first-order valence-electron chi connectivity index (χ1n) is 4.88. The molecule has 0 unspecified atom stereocenters. The van der Waals surface area contributed by atoms with Crippen molar-refractivity contribution in [3.63, 3.8) is 0 Å². The van der Waals surface area contributed by atoms with E-state index in [1.54, 1.807) is 24.3 Å². The van der Waals surface area contributed by atoms with Gasteiger partial charge in [-0.1, -0.05) is 23.7 Å². The van der Waals surface area contributed by atoms with Crippen molar-refractivity contribution >= 4 is 17.9 Å². The molecule has 2 aromatic carbocycles. The molecule has 0 saturated carbocycles. The summed E-state index contributed by atoms with van der Waals surface area (Å²) in [5.41, 5.74) is 0.321. The van der Waals surface area contributed by atoms with Crippen molar-refractivity contribution in [2.75, 3.05) is 0 Å². The van der Waals surface area contributed by atoms with E-state index < -0.39 is 5.82 Å². The van der Waals surface area contributed by atoms with Gasteiger partial charge in [0, 0.05) is 6.07 Å². The van der Waals surface area contributed by atoms with E-state index in [1.165, 1.54) is 18.2 Å². The monoisotopic (exact) mass is 250 g/mol. The molecule has 0 aliphatic carbocycles. The molecule has 0 heterocycles. The highest BCUT2D eigenvalue weighted by molar-refractivity contribution is 6.32. The third-order valence-corrected chi connectivity index (χ3v) is 2.44. The molecule has 4 heteroatoms. The Morgan fingerprint density at radius 3 is 2.65 bits per heavy atom. The molecule has 0 aromatic heterocycles. The smallest absolute Gasteiger partial charge is 0.156 e. The Hall–Kier alpha value is -1.87. The van der Waals surface area contributed by atoms with Crippen molar-refractivity contribution in [3.8, 4) is 11.5 Å². The van der Waals surface area contributed by atoms with E-state index in [0.29, 0.717) is 22.6 Å². The minimum absolute atomic E-state index is 0.231. The third-order valence-electron chi connectivity index (χ3n) is 2.14. The maximum atomic E-state index is 13.0. The van der Waals surface area contributed by atoms with Crippen molar-refractivity contribution in [3.05, 3.63) is 58.9 Å². The average Bonchev–Trinajstić information content (AvgIpc) is 2.32. The molecule has 0 atom stereocenters. The summed E-state index contributed by atoms with van der Waals surface area (Å²) in [4.78, 5) is 10.8. The Bertz CT molecular complexity index is 555. The summed E-state index contributed by atoms with van der Waals surface area (Å²) in [6.45, 7) is 0. The summed E-state index contributed by atoms with van der Waals surface area (Å²) >= 11 is 5.92. The van der Waals surface area contributed by atoms with Gasteiger partial charge in [0.15, 0.2) is 12.0 Å². The molecule has 0 N–H and O–H groups in total. The molecule has 86 valence electrons. The number of carbonyl (C=O) groups is 1. The van der Waals surface area contributed by atoms with Gasteiger partial charge in [0.05, 0.1) is 10.6 Å². The predicted molar refractivity (Wildman–Crippen MR) is 63.3 cm³/mol. The summed E-state index contributed by atoms with van der Waals surface area (Å²) in [6, 6.07) is 10.4. The molecule has 0 aliphatic rings.